The highest BCUT2D eigenvalue weighted by Crippen LogP contribution is 2.29. The Labute approximate surface area is 158 Å². The van der Waals surface area contributed by atoms with E-state index in [1.165, 1.54) is 0 Å². The third-order valence-corrected chi connectivity index (χ3v) is 5.48. The number of anilines is 2. The average Bonchev–Trinajstić information content (AvgIpc) is 3.34. The van der Waals surface area contributed by atoms with Gasteiger partial charge >= 0.3 is 6.03 Å². The van der Waals surface area contributed by atoms with Gasteiger partial charge in [0.15, 0.2) is 0 Å². The van der Waals surface area contributed by atoms with Gasteiger partial charge in [0.1, 0.15) is 0 Å². The molecule has 2 aromatic rings. The van der Waals surface area contributed by atoms with E-state index >= 15 is 0 Å². The van der Waals surface area contributed by atoms with Crippen molar-refractivity contribution in [2.24, 2.45) is 0 Å². The Hall–Kier alpha value is -2.83. The van der Waals surface area contributed by atoms with E-state index < -0.39 is 0 Å². The molecule has 7 heteroatoms. The topological polar surface area (TPSA) is 81.3 Å². The van der Waals surface area contributed by atoms with E-state index in [1.54, 1.807) is 6.20 Å². The molecule has 4 rings (SSSR count). The minimum Gasteiger partial charge on any atom is -0.324 e. The predicted octanol–water partition coefficient (Wildman–Crippen LogP) is 3.26. The van der Waals surface area contributed by atoms with Crippen molar-refractivity contribution in [3.8, 4) is 0 Å². The summed E-state index contributed by atoms with van der Waals surface area (Å²) in [6.07, 6.45) is 5.31. The molecule has 2 N–H and O–H groups in total. The van der Waals surface area contributed by atoms with Crippen molar-refractivity contribution in [3.63, 3.8) is 0 Å². The number of carbonyl (C=O) groups excluding carboxylic acids is 2. The zero-order valence-electron chi connectivity index (χ0n) is 15.6. The molecule has 7 nitrogen and oxygen atoms in total. The monoisotopic (exact) mass is 367 g/mol. The van der Waals surface area contributed by atoms with Crippen LogP contribution in [0.4, 0.5) is 16.2 Å². The summed E-state index contributed by atoms with van der Waals surface area (Å²) in [5.41, 5.74) is 3.78. The van der Waals surface area contributed by atoms with Gasteiger partial charge < -0.3 is 15.1 Å². The Morgan fingerprint density at radius 3 is 2.85 bits per heavy atom. The zero-order chi connectivity index (χ0) is 18.8. The number of nitrogens with one attached hydrogen (secondary N) is 2. The summed E-state index contributed by atoms with van der Waals surface area (Å²) in [7, 11) is 0. The molecule has 1 aromatic carbocycles. The van der Waals surface area contributed by atoms with Gasteiger partial charge in [-0.05, 0) is 56.0 Å². The number of hydrogen-bond donors (Lipinski definition) is 2. The molecule has 0 bridgehead atoms. The number of likely N-dealkylation sites (tertiary alicyclic amines) is 1. The molecule has 2 aliphatic heterocycles. The van der Waals surface area contributed by atoms with Crippen LogP contribution in [0.3, 0.4) is 0 Å². The molecule has 1 atom stereocenters. The van der Waals surface area contributed by atoms with E-state index in [9.17, 15) is 9.59 Å². The summed E-state index contributed by atoms with van der Waals surface area (Å²) in [6.45, 7) is 4.20. The Kier molecular flexibility index (Phi) is 4.83. The number of nitrogens with zero attached hydrogens (tertiary/aromatic N) is 3. The van der Waals surface area contributed by atoms with Crippen molar-refractivity contribution in [2.45, 2.75) is 38.5 Å². The second-order valence-corrected chi connectivity index (χ2v) is 7.38. The SMILES string of the molecule is Cc1cc(NC(=O)N2CCC[C@H](c3ccn[nH]3)C2)ccc1N1CCCC1=O. The van der Waals surface area contributed by atoms with Crippen LogP contribution in [0, 0.1) is 6.92 Å². The minimum atomic E-state index is -0.0800. The molecule has 0 unspecified atom stereocenters. The predicted molar refractivity (Wildman–Crippen MR) is 104 cm³/mol. The van der Waals surface area contributed by atoms with Gasteiger partial charge in [0.2, 0.25) is 5.91 Å². The van der Waals surface area contributed by atoms with Crippen LogP contribution in [0.1, 0.15) is 42.9 Å². The lowest BCUT2D eigenvalue weighted by molar-refractivity contribution is -0.117. The lowest BCUT2D eigenvalue weighted by Crippen LogP contribution is -2.41. The van der Waals surface area contributed by atoms with Crippen LogP contribution in [0.15, 0.2) is 30.5 Å². The summed E-state index contributed by atoms with van der Waals surface area (Å²) in [4.78, 5) is 28.4. The number of hydrogen-bond acceptors (Lipinski definition) is 3. The normalized spacial score (nSPS) is 20.2. The molecule has 0 aliphatic carbocycles. The fourth-order valence-corrected chi connectivity index (χ4v) is 4.05. The second-order valence-electron chi connectivity index (χ2n) is 7.38. The van der Waals surface area contributed by atoms with Crippen LogP contribution < -0.4 is 10.2 Å². The van der Waals surface area contributed by atoms with Gasteiger partial charge in [-0.2, -0.15) is 5.10 Å². The van der Waals surface area contributed by atoms with Gasteiger partial charge in [-0.1, -0.05) is 0 Å². The molecule has 2 aliphatic rings. The highest BCUT2D eigenvalue weighted by Gasteiger charge is 2.26. The van der Waals surface area contributed by atoms with Gasteiger partial charge in [-0.25, -0.2) is 4.79 Å². The fourth-order valence-electron chi connectivity index (χ4n) is 4.05. The fraction of sp³-hybridized carbons (Fsp3) is 0.450. The Bertz CT molecular complexity index is 833. The zero-order valence-corrected chi connectivity index (χ0v) is 15.6. The van der Waals surface area contributed by atoms with Crippen LogP contribution in [-0.4, -0.2) is 46.7 Å². The number of rotatable bonds is 3. The first-order valence-electron chi connectivity index (χ1n) is 9.58. The number of aromatic amines is 1. The Morgan fingerprint density at radius 2 is 2.15 bits per heavy atom. The lowest BCUT2D eigenvalue weighted by atomic mass is 9.95. The van der Waals surface area contributed by atoms with Crippen LogP contribution in [-0.2, 0) is 4.79 Å². The summed E-state index contributed by atoms with van der Waals surface area (Å²) in [5, 5.41) is 10.0. The molecule has 0 saturated carbocycles. The highest BCUT2D eigenvalue weighted by molar-refractivity contribution is 5.97. The van der Waals surface area contributed by atoms with E-state index in [1.807, 2.05) is 41.0 Å². The summed E-state index contributed by atoms with van der Waals surface area (Å²) in [6, 6.07) is 7.65. The first kappa shape index (κ1) is 17.6. The second kappa shape index (κ2) is 7.42. The number of piperidine rings is 1. The highest BCUT2D eigenvalue weighted by atomic mass is 16.2. The number of urea groups is 1. The van der Waals surface area contributed by atoms with Crippen molar-refractivity contribution >= 4 is 23.3 Å². The van der Waals surface area contributed by atoms with Crippen molar-refractivity contribution in [1.82, 2.24) is 15.1 Å². The van der Waals surface area contributed by atoms with Crippen molar-refractivity contribution in [1.29, 1.82) is 0 Å². The van der Waals surface area contributed by atoms with Crippen LogP contribution in [0.2, 0.25) is 0 Å². The molecule has 0 radical (unpaired) electrons. The molecule has 0 spiro atoms. The van der Waals surface area contributed by atoms with Crippen LogP contribution in [0.25, 0.3) is 0 Å². The van der Waals surface area contributed by atoms with E-state index in [0.717, 1.165) is 55.0 Å². The van der Waals surface area contributed by atoms with Crippen molar-refractivity contribution < 1.29 is 9.59 Å². The molecule has 27 heavy (non-hydrogen) atoms. The maximum Gasteiger partial charge on any atom is 0.321 e. The van der Waals surface area contributed by atoms with E-state index in [-0.39, 0.29) is 11.9 Å². The summed E-state index contributed by atoms with van der Waals surface area (Å²) >= 11 is 0. The average molecular weight is 367 g/mol. The first-order chi connectivity index (χ1) is 13.1. The van der Waals surface area contributed by atoms with E-state index in [2.05, 4.69) is 15.5 Å². The molecule has 2 saturated heterocycles. The molecule has 1 aromatic heterocycles. The van der Waals surface area contributed by atoms with E-state index in [4.69, 9.17) is 0 Å². The number of amides is 3. The van der Waals surface area contributed by atoms with Crippen molar-refractivity contribution in [2.75, 3.05) is 29.9 Å². The number of benzene rings is 1. The summed E-state index contributed by atoms with van der Waals surface area (Å²) < 4.78 is 0. The molecule has 142 valence electrons. The van der Waals surface area contributed by atoms with E-state index in [0.29, 0.717) is 18.9 Å². The smallest absolute Gasteiger partial charge is 0.321 e. The Balaban J connectivity index is 1.42. The maximum absolute atomic E-state index is 12.7. The van der Waals surface area contributed by atoms with Gasteiger partial charge in [0, 0.05) is 55.2 Å². The van der Waals surface area contributed by atoms with Gasteiger partial charge in [-0.3, -0.25) is 9.89 Å². The minimum absolute atomic E-state index is 0.0800. The first-order valence-corrected chi connectivity index (χ1v) is 9.58. The molecule has 2 fully saturated rings. The lowest BCUT2D eigenvalue weighted by Gasteiger charge is -2.32. The van der Waals surface area contributed by atoms with Gasteiger partial charge in [0.25, 0.3) is 0 Å². The number of aryl methyl sites for hydroxylation is 1. The molecular formula is C20H25N5O2. The number of aromatic nitrogens is 2. The molecule has 3 heterocycles. The van der Waals surface area contributed by atoms with Gasteiger partial charge in [0.05, 0.1) is 0 Å². The number of carbonyl (C=O) groups is 2. The maximum atomic E-state index is 12.7. The standard InChI is InChI=1S/C20H25N5O2/c1-14-12-16(6-7-18(14)25-11-3-5-19(25)26)22-20(27)24-10-2-4-15(13-24)17-8-9-21-23-17/h6-9,12,15H,2-5,10-11,13H2,1H3,(H,21,23)(H,22,27)/t15-/m0/s1. The largest absolute Gasteiger partial charge is 0.324 e. The molecular weight excluding hydrogens is 342 g/mol. The number of H-pyrrole nitrogens is 1. The third-order valence-electron chi connectivity index (χ3n) is 5.48. The van der Waals surface area contributed by atoms with Crippen molar-refractivity contribution in [3.05, 3.63) is 41.7 Å². The van der Waals surface area contributed by atoms with Gasteiger partial charge in [-0.15, -0.1) is 0 Å². The summed E-state index contributed by atoms with van der Waals surface area (Å²) in [5.74, 6) is 0.477. The third kappa shape index (κ3) is 3.67. The molecule has 3 amide bonds. The quantitative estimate of drug-likeness (QED) is 0.874. The van der Waals surface area contributed by atoms with Crippen LogP contribution in [0.5, 0.6) is 0 Å². The Morgan fingerprint density at radius 1 is 1.26 bits per heavy atom. The van der Waals surface area contributed by atoms with Crippen LogP contribution >= 0.6 is 0 Å².